The number of anilines is 1. The van der Waals surface area contributed by atoms with Gasteiger partial charge in [0, 0.05) is 30.5 Å². The van der Waals surface area contributed by atoms with Crippen LogP contribution in [-0.2, 0) is 32.2 Å². The molecule has 4 rings (SSSR count). The van der Waals surface area contributed by atoms with Crippen LogP contribution in [0.1, 0.15) is 67.6 Å². The summed E-state index contributed by atoms with van der Waals surface area (Å²) in [6, 6.07) is 14.9. The average Bonchev–Trinajstić information content (AvgIpc) is 3.25. The smallest absolute Gasteiger partial charge is 0.303 e. The first kappa shape index (κ1) is 29.0. The zero-order valence-electron chi connectivity index (χ0n) is 21.3. The second-order valence-electron chi connectivity index (χ2n) is 9.45. The van der Waals surface area contributed by atoms with Gasteiger partial charge >= 0.3 is 5.97 Å². The summed E-state index contributed by atoms with van der Waals surface area (Å²) < 4.78 is 14.4. The summed E-state index contributed by atoms with van der Waals surface area (Å²) in [6.07, 6.45) is 3.30. The van der Waals surface area contributed by atoms with Crippen molar-refractivity contribution in [2.75, 3.05) is 5.32 Å². The van der Waals surface area contributed by atoms with E-state index in [1.54, 1.807) is 23.0 Å². The van der Waals surface area contributed by atoms with E-state index < -0.39 is 12.3 Å². The molecule has 39 heavy (non-hydrogen) atoms. The minimum absolute atomic E-state index is 0.0341. The quantitative estimate of drug-likeness (QED) is 0.230. The number of carbonyl (C=O) groups is 2. The van der Waals surface area contributed by atoms with Gasteiger partial charge in [-0.1, -0.05) is 66.0 Å². The lowest BCUT2D eigenvalue weighted by Gasteiger charge is -2.36. The Morgan fingerprint density at radius 3 is 2.31 bits per heavy atom. The van der Waals surface area contributed by atoms with Gasteiger partial charge in [-0.05, 0) is 36.1 Å². The third kappa shape index (κ3) is 8.27. The minimum Gasteiger partial charge on any atom is -0.481 e. The Balaban J connectivity index is 1.42. The van der Waals surface area contributed by atoms with Crippen LogP contribution in [0.15, 0.2) is 54.9 Å². The van der Waals surface area contributed by atoms with Crippen LogP contribution in [0.25, 0.3) is 0 Å². The molecule has 0 saturated carbocycles. The van der Waals surface area contributed by atoms with E-state index in [4.69, 9.17) is 37.8 Å². The Labute approximate surface area is 236 Å². The minimum atomic E-state index is -0.822. The number of ether oxygens (including phenoxy) is 2. The predicted molar refractivity (Wildman–Crippen MR) is 146 cm³/mol. The molecule has 1 fully saturated rings. The number of aromatic nitrogens is 2. The number of benzene rings is 2. The van der Waals surface area contributed by atoms with Gasteiger partial charge in [-0.3, -0.25) is 9.59 Å². The fraction of sp³-hybridized carbons (Fsp3) is 0.393. The number of halogens is 2. The number of amides is 1. The van der Waals surface area contributed by atoms with Crippen LogP contribution in [0.3, 0.4) is 0 Å². The summed E-state index contributed by atoms with van der Waals surface area (Å²) in [7, 11) is 0. The summed E-state index contributed by atoms with van der Waals surface area (Å²) in [5, 5.41) is 21.5. The van der Waals surface area contributed by atoms with Crippen LogP contribution in [-0.4, -0.2) is 37.7 Å². The molecular formula is C28H31Cl2N3O6. The van der Waals surface area contributed by atoms with E-state index in [2.05, 4.69) is 10.3 Å². The standard InChI is InChI=1S/C28H31Cl2N3O6/c29-26-27(30)33(17-31-26)15-22-14-23(19-8-6-18(16-34)7-9-19)39-28(38-22)20-10-12-21(13-11-20)32-24(35)4-2-1-3-5-25(36)37/h6-13,17,22-23,28,34H,1-5,14-16H2,(H,32,35)(H,36,37)/t22-,23+,28+/m0/s1. The average molecular weight is 576 g/mol. The van der Waals surface area contributed by atoms with Gasteiger partial charge in [-0.25, -0.2) is 4.98 Å². The van der Waals surface area contributed by atoms with Crippen LogP contribution in [0, 0.1) is 0 Å². The lowest BCUT2D eigenvalue weighted by molar-refractivity contribution is -0.252. The fourth-order valence-corrected chi connectivity index (χ4v) is 4.72. The number of carboxylic acid groups (broad SMARTS) is 1. The summed E-state index contributed by atoms with van der Waals surface area (Å²) in [5.74, 6) is -0.941. The van der Waals surface area contributed by atoms with E-state index in [1.807, 2.05) is 36.4 Å². The molecule has 1 aliphatic heterocycles. The van der Waals surface area contributed by atoms with Crippen molar-refractivity contribution in [3.8, 4) is 0 Å². The maximum absolute atomic E-state index is 12.3. The molecule has 9 nitrogen and oxygen atoms in total. The highest BCUT2D eigenvalue weighted by molar-refractivity contribution is 6.40. The second kappa shape index (κ2) is 13.9. The van der Waals surface area contributed by atoms with Gasteiger partial charge in [-0.2, -0.15) is 0 Å². The van der Waals surface area contributed by atoms with E-state index in [0.717, 1.165) is 16.7 Å². The van der Waals surface area contributed by atoms with Crippen LogP contribution < -0.4 is 5.32 Å². The highest BCUT2D eigenvalue weighted by atomic mass is 35.5. The number of hydrogen-bond donors (Lipinski definition) is 3. The van der Waals surface area contributed by atoms with Crippen molar-refractivity contribution in [3.63, 3.8) is 0 Å². The van der Waals surface area contributed by atoms with Gasteiger partial charge in [-0.15, -0.1) is 0 Å². The van der Waals surface area contributed by atoms with E-state index in [1.165, 1.54) is 0 Å². The van der Waals surface area contributed by atoms with Crippen LogP contribution in [0.4, 0.5) is 5.69 Å². The molecule has 2 aromatic carbocycles. The van der Waals surface area contributed by atoms with Gasteiger partial charge in [0.05, 0.1) is 31.7 Å². The van der Waals surface area contributed by atoms with Crippen molar-refractivity contribution in [1.82, 2.24) is 9.55 Å². The maximum Gasteiger partial charge on any atom is 0.303 e. The zero-order chi connectivity index (χ0) is 27.8. The van der Waals surface area contributed by atoms with Crippen molar-refractivity contribution in [3.05, 3.63) is 81.9 Å². The largest absolute Gasteiger partial charge is 0.481 e. The van der Waals surface area contributed by atoms with Crippen molar-refractivity contribution in [2.45, 2.75) is 70.2 Å². The SMILES string of the molecule is O=C(O)CCCCCC(=O)Nc1ccc([C@@H]2O[C@H](Cn3cnc(Cl)c3Cl)C[C@H](c3ccc(CO)cc3)O2)cc1. The normalized spacial score (nSPS) is 19.1. The van der Waals surface area contributed by atoms with E-state index in [-0.39, 0.29) is 36.3 Å². The summed E-state index contributed by atoms with van der Waals surface area (Å²) >= 11 is 12.3. The number of aliphatic hydroxyl groups excluding tert-OH is 1. The fourth-order valence-electron chi connectivity index (χ4n) is 4.41. The Hall–Kier alpha value is -2.95. The highest BCUT2D eigenvalue weighted by Crippen LogP contribution is 2.39. The Morgan fingerprint density at radius 1 is 0.974 bits per heavy atom. The molecule has 0 bridgehead atoms. The van der Waals surface area contributed by atoms with E-state index >= 15 is 0 Å². The zero-order valence-corrected chi connectivity index (χ0v) is 22.8. The molecule has 0 spiro atoms. The van der Waals surface area contributed by atoms with Crippen LogP contribution >= 0.6 is 23.2 Å². The predicted octanol–water partition coefficient (Wildman–Crippen LogP) is 5.90. The number of nitrogens with one attached hydrogen (secondary N) is 1. The Morgan fingerprint density at radius 2 is 1.67 bits per heavy atom. The van der Waals surface area contributed by atoms with Gasteiger partial charge in [0.1, 0.15) is 5.15 Å². The molecule has 3 atom stereocenters. The number of carbonyl (C=O) groups excluding carboxylic acids is 1. The molecule has 11 heteroatoms. The number of nitrogens with zero attached hydrogens (tertiary/aromatic N) is 2. The van der Waals surface area contributed by atoms with Gasteiger partial charge in [0.25, 0.3) is 0 Å². The highest BCUT2D eigenvalue weighted by Gasteiger charge is 2.33. The Bertz CT molecular complexity index is 1250. The third-order valence-corrected chi connectivity index (χ3v) is 7.28. The molecule has 0 aliphatic carbocycles. The monoisotopic (exact) mass is 575 g/mol. The van der Waals surface area contributed by atoms with Crippen molar-refractivity contribution < 1.29 is 29.3 Å². The molecule has 0 unspecified atom stereocenters. The first-order valence-electron chi connectivity index (χ1n) is 12.8. The van der Waals surface area contributed by atoms with E-state index in [0.29, 0.717) is 49.5 Å². The molecule has 3 aromatic rings. The molecule has 2 heterocycles. The molecule has 1 aliphatic rings. The first-order chi connectivity index (χ1) is 18.8. The number of carboxylic acids is 1. The number of aliphatic hydroxyl groups is 1. The molecule has 3 N–H and O–H groups in total. The molecular weight excluding hydrogens is 545 g/mol. The number of hydrogen-bond acceptors (Lipinski definition) is 6. The van der Waals surface area contributed by atoms with Gasteiger partial charge in [0.15, 0.2) is 11.4 Å². The van der Waals surface area contributed by atoms with Crippen LogP contribution in [0.5, 0.6) is 0 Å². The van der Waals surface area contributed by atoms with Crippen molar-refractivity contribution >= 4 is 40.8 Å². The van der Waals surface area contributed by atoms with Gasteiger partial charge < -0.3 is 29.6 Å². The second-order valence-corrected chi connectivity index (χ2v) is 10.2. The molecule has 0 radical (unpaired) electrons. The molecule has 208 valence electrons. The number of imidazole rings is 1. The molecule has 1 amide bonds. The first-order valence-corrected chi connectivity index (χ1v) is 13.6. The van der Waals surface area contributed by atoms with Crippen molar-refractivity contribution in [1.29, 1.82) is 0 Å². The number of aliphatic carboxylic acids is 1. The Kier molecular flexibility index (Phi) is 10.4. The summed E-state index contributed by atoms with van der Waals surface area (Å²) in [5.41, 5.74) is 3.22. The number of unbranched alkanes of at least 4 members (excludes halogenated alkanes) is 2. The van der Waals surface area contributed by atoms with E-state index in [9.17, 15) is 14.7 Å². The molecule has 1 saturated heterocycles. The van der Waals surface area contributed by atoms with Gasteiger partial charge in [0.2, 0.25) is 5.91 Å². The number of rotatable bonds is 12. The lowest BCUT2D eigenvalue weighted by atomic mass is 10.00. The molecule has 1 aromatic heterocycles. The maximum atomic E-state index is 12.3. The van der Waals surface area contributed by atoms with Crippen molar-refractivity contribution in [2.24, 2.45) is 0 Å². The topological polar surface area (TPSA) is 123 Å². The van der Waals surface area contributed by atoms with Crippen LogP contribution in [0.2, 0.25) is 10.3 Å². The lowest BCUT2D eigenvalue weighted by Crippen LogP contribution is -2.32. The third-order valence-electron chi connectivity index (χ3n) is 6.51. The summed E-state index contributed by atoms with van der Waals surface area (Å²) in [4.78, 5) is 26.9. The summed E-state index contributed by atoms with van der Waals surface area (Å²) in [6.45, 7) is 0.401.